The molecule has 0 saturated carbocycles. The summed E-state index contributed by atoms with van der Waals surface area (Å²) in [5.41, 5.74) is 1.21. The monoisotopic (exact) mass is 222 g/mol. The molecule has 0 amide bonds. The van der Waals surface area contributed by atoms with E-state index in [0.717, 1.165) is 5.56 Å². The lowest BCUT2D eigenvalue weighted by atomic mass is 9.81. The van der Waals surface area contributed by atoms with Crippen LogP contribution in [0.3, 0.4) is 0 Å². The summed E-state index contributed by atoms with van der Waals surface area (Å²) in [5, 5.41) is 20.0. The molecule has 16 heavy (non-hydrogen) atoms. The van der Waals surface area contributed by atoms with Crippen molar-refractivity contribution in [1.82, 2.24) is 0 Å². The molecule has 0 bridgehead atoms. The Hall–Kier alpha value is -1.18. The molecule has 0 spiro atoms. The highest BCUT2D eigenvalue weighted by molar-refractivity contribution is 5.51. The first kappa shape index (κ1) is 12.9. The summed E-state index contributed by atoms with van der Waals surface area (Å²) in [6, 6.07) is 3.50. The van der Waals surface area contributed by atoms with Gasteiger partial charge in [-0.1, -0.05) is 41.5 Å². The third kappa shape index (κ3) is 2.49. The van der Waals surface area contributed by atoms with Gasteiger partial charge < -0.3 is 10.2 Å². The first-order valence-corrected chi connectivity index (χ1v) is 5.60. The molecule has 1 rings (SSSR count). The average molecular weight is 222 g/mol. The van der Waals surface area contributed by atoms with Crippen LogP contribution in [0.2, 0.25) is 0 Å². The molecule has 90 valence electrons. The van der Waals surface area contributed by atoms with E-state index in [1.54, 1.807) is 12.1 Å². The lowest BCUT2D eigenvalue weighted by Crippen LogP contribution is -2.15. The maximum atomic E-state index is 10.0. The van der Waals surface area contributed by atoms with Crippen LogP contribution in [-0.2, 0) is 10.8 Å². The second-order valence-electron chi connectivity index (χ2n) is 6.39. The van der Waals surface area contributed by atoms with Crippen LogP contribution < -0.4 is 0 Å². The largest absolute Gasteiger partial charge is 0.507 e. The van der Waals surface area contributed by atoms with Gasteiger partial charge in [0.2, 0.25) is 0 Å². The Labute approximate surface area is 97.9 Å². The molecule has 0 aliphatic heterocycles. The zero-order valence-corrected chi connectivity index (χ0v) is 11.0. The van der Waals surface area contributed by atoms with Gasteiger partial charge in [-0.3, -0.25) is 0 Å². The highest BCUT2D eigenvalue weighted by atomic mass is 16.3. The molecule has 0 heterocycles. The molecule has 0 fully saturated rings. The molecule has 0 atom stereocenters. The van der Waals surface area contributed by atoms with Crippen LogP contribution in [0.4, 0.5) is 0 Å². The summed E-state index contributed by atoms with van der Waals surface area (Å²) in [6.07, 6.45) is 0. The van der Waals surface area contributed by atoms with E-state index in [2.05, 4.69) is 20.8 Å². The van der Waals surface area contributed by atoms with E-state index >= 15 is 0 Å². The van der Waals surface area contributed by atoms with Crippen molar-refractivity contribution in [3.8, 4) is 11.5 Å². The molecule has 1 aromatic rings. The number of hydrogen-bond donors (Lipinski definition) is 2. The minimum atomic E-state index is -0.259. The third-order valence-electron chi connectivity index (χ3n) is 2.71. The van der Waals surface area contributed by atoms with Crippen molar-refractivity contribution in [2.75, 3.05) is 0 Å². The van der Waals surface area contributed by atoms with E-state index in [1.165, 1.54) is 0 Å². The quantitative estimate of drug-likeness (QED) is 0.702. The molecule has 0 aliphatic rings. The summed E-state index contributed by atoms with van der Waals surface area (Å²) in [5.74, 6) is 0.356. The van der Waals surface area contributed by atoms with Crippen LogP contribution in [0.15, 0.2) is 12.1 Å². The summed E-state index contributed by atoms with van der Waals surface area (Å²) in [7, 11) is 0. The van der Waals surface area contributed by atoms with Crippen LogP contribution in [0.5, 0.6) is 11.5 Å². The van der Waals surface area contributed by atoms with Crippen molar-refractivity contribution in [3.05, 3.63) is 23.3 Å². The van der Waals surface area contributed by atoms with E-state index in [4.69, 9.17) is 0 Å². The summed E-state index contributed by atoms with van der Waals surface area (Å²) >= 11 is 0. The van der Waals surface area contributed by atoms with E-state index in [9.17, 15) is 10.2 Å². The predicted octanol–water partition coefficient (Wildman–Crippen LogP) is 3.69. The van der Waals surface area contributed by atoms with Gasteiger partial charge in [0.1, 0.15) is 11.5 Å². The number of rotatable bonds is 0. The first-order valence-electron chi connectivity index (χ1n) is 5.60. The van der Waals surface area contributed by atoms with Crippen LogP contribution in [0.25, 0.3) is 0 Å². The van der Waals surface area contributed by atoms with Crippen molar-refractivity contribution in [1.29, 1.82) is 0 Å². The van der Waals surface area contributed by atoms with Crippen molar-refractivity contribution in [2.45, 2.75) is 52.4 Å². The smallest absolute Gasteiger partial charge is 0.123 e. The van der Waals surface area contributed by atoms with E-state index in [1.807, 2.05) is 20.8 Å². The summed E-state index contributed by atoms with van der Waals surface area (Å²) < 4.78 is 0. The topological polar surface area (TPSA) is 40.5 Å². The molecular formula is C14H22O2. The number of hydrogen-bond acceptors (Lipinski definition) is 2. The van der Waals surface area contributed by atoms with Crippen molar-refractivity contribution < 1.29 is 10.2 Å². The Morgan fingerprint density at radius 1 is 0.750 bits per heavy atom. The Kier molecular flexibility index (Phi) is 2.97. The maximum Gasteiger partial charge on any atom is 0.123 e. The fourth-order valence-electron chi connectivity index (χ4n) is 1.81. The number of aromatic hydroxyl groups is 2. The van der Waals surface area contributed by atoms with Gasteiger partial charge in [0, 0.05) is 5.56 Å². The fourth-order valence-corrected chi connectivity index (χ4v) is 1.81. The van der Waals surface area contributed by atoms with Gasteiger partial charge in [-0.25, -0.2) is 0 Å². The second-order valence-corrected chi connectivity index (χ2v) is 6.39. The van der Waals surface area contributed by atoms with Crippen LogP contribution >= 0.6 is 0 Å². The van der Waals surface area contributed by atoms with Gasteiger partial charge in [0.05, 0.1) is 0 Å². The first-order chi connectivity index (χ1) is 7.03. The van der Waals surface area contributed by atoms with Gasteiger partial charge in [-0.2, -0.15) is 0 Å². The normalized spacial score (nSPS) is 12.9. The van der Waals surface area contributed by atoms with E-state index in [0.29, 0.717) is 5.56 Å². The average Bonchev–Trinajstić information content (AvgIpc) is 1.97. The van der Waals surface area contributed by atoms with E-state index < -0.39 is 0 Å². The van der Waals surface area contributed by atoms with Gasteiger partial charge in [0.15, 0.2) is 0 Å². The standard InChI is InChI=1S/C14H22O2/c1-13(2,3)9-7-10(15)12(11(16)8-9)14(4,5)6/h7-8,15-16H,1-6H3. The third-order valence-corrected chi connectivity index (χ3v) is 2.71. The molecule has 1 aromatic carbocycles. The highest BCUT2D eigenvalue weighted by Gasteiger charge is 2.25. The molecule has 2 N–H and O–H groups in total. The summed E-state index contributed by atoms with van der Waals surface area (Å²) in [4.78, 5) is 0. The molecule has 0 radical (unpaired) electrons. The lowest BCUT2D eigenvalue weighted by molar-refractivity contribution is 0.406. The number of phenolic OH excluding ortho intramolecular Hbond substituents is 2. The molecule has 0 aromatic heterocycles. The van der Waals surface area contributed by atoms with Gasteiger partial charge in [-0.05, 0) is 28.5 Å². The number of benzene rings is 1. The van der Waals surface area contributed by atoms with Crippen LogP contribution in [0, 0.1) is 0 Å². The molecule has 0 saturated heterocycles. The zero-order valence-electron chi connectivity index (χ0n) is 11.0. The Bertz CT molecular complexity index is 369. The molecule has 2 nitrogen and oxygen atoms in total. The molecular weight excluding hydrogens is 200 g/mol. The zero-order chi connectivity index (χ0) is 12.7. The second kappa shape index (κ2) is 3.69. The fraction of sp³-hybridized carbons (Fsp3) is 0.571. The molecule has 0 unspecified atom stereocenters. The molecule has 0 aliphatic carbocycles. The van der Waals surface area contributed by atoms with Crippen molar-refractivity contribution >= 4 is 0 Å². The predicted molar refractivity (Wildman–Crippen MR) is 67.2 cm³/mol. The highest BCUT2D eigenvalue weighted by Crippen LogP contribution is 2.40. The SMILES string of the molecule is CC(C)(C)c1cc(O)c(C(C)(C)C)c(O)c1. The number of phenols is 2. The summed E-state index contributed by atoms with van der Waals surface area (Å²) in [6.45, 7) is 12.1. The molecule has 2 heteroatoms. The lowest BCUT2D eigenvalue weighted by Gasteiger charge is -2.25. The van der Waals surface area contributed by atoms with Crippen LogP contribution in [0.1, 0.15) is 52.7 Å². The van der Waals surface area contributed by atoms with Crippen molar-refractivity contribution in [3.63, 3.8) is 0 Å². The van der Waals surface area contributed by atoms with Crippen LogP contribution in [-0.4, -0.2) is 10.2 Å². The Morgan fingerprint density at radius 3 is 1.38 bits per heavy atom. The minimum Gasteiger partial charge on any atom is -0.507 e. The maximum absolute atomic E-state index is 10.0. The van der Waals surface area contributed by atoms with Gasteiger partial charge >= 0.3 is 0 Å². The van der Waals surface area contributed by atoms with Gasteiger partial charge in [0.25, 0.3) is 0 Å². The minimum absolute atomic E-state index is 0.0780. The Balaban J connectivity index is 3.41. The van der Waals surface area contributed by atoms with Gasteiger partial charge in [-0.15, -0.1) is 0 Å². The van der Waals surface area contributed by atoms with E-state index in [-0.39, 0.29) is 22.3 Å². The Morgan fingerprint density at radius 2 is 1.12 bits per heavy atom. The van der Waals surface area contributed by atoms with Crippen molar-refractivity contribution in [2.24, 2.45) is 0 Å².